The van der Waals surface area contributed by atoms with Crippen LogP contribution in [-0.4, -0.2) is 18.2 Å². The molecule has 0 aromatic heterocycles. The number of hydrogen-bond donors (Lipinski definition) is 1. The van der Waals surface area contributed by atoms with Gasteiger partial charge in [0.2, 0.25) is 0 Å². The number of hydrogen-bond acceptors (Lipinski definition) is 3. The lowest BCUT2D eigenvalue weighted by Crippen LogP contribution is -2.17. The highest BCUT2D eigenvalue weighted by Gasteiger charge is 2.33. The lowest BCUT2D eigenvalue weighted by Gasteiger charge is -2.10. The standard InChI is InChI=1S/C10H7ClF3NO2/c11-9-5(4-16)1-2-6(15)8(9)7(17)3-10(12,13)14/h1-2,4H,3,15H2. The smallest absolute Gasteiger partial charge is 0.396 e. The van der Waals surface area contributed by atoms with Crippen LogP contribution >= 0.6 is 11.6 Å². The number of nitrogen functional groups attached to an aromatic ring is 1. The fourth-order valence-electron chi connectivity index (χ4n) is 1.25. The van der Waals surface area contributed by atoms with Gasteiger partial charge in [-0.2, -0.15) is 13.2 Å². The van der Waals surface area contributed by atoms with Crippen molar-refractivity contribution in [1.82, 2.24) is 0 Å². The van der Waals surface area contributed by atoms with Crippen molar-refractivity contribution in [2.45, 2.75) is 12.6 Å². The zero-order valence-corrected chi connectivity index (χ0v) is 9.10. The third kappa shape index (κ3) is 3.20. The molecule has 0 saturated heterocycles. The molecule has 0 bridgehead atoms. The van der Waals surface area contributed by atoms with E-state index in [1.165, 1.54) is 12.1 Å². The first kappa shape index (κ1) is 13.5. The molecule has 0 unspecified atom stereocenters. The average Bonchev–Trinajstić information content (AvgIpc) is 2.15. The lowest BCUT2D eigenvalue weighted by atomic mass is 10.0. The molecule has 92 valence electrons. The average molecular weight is 266 g/mol. The van der Waals surface area contributed by atoms with E-state index in [-0.39, 0.29) is 16.3 Å². The van der Waals surface area contributed by atoms with Crippen molar-refractivity contribution >= 4 is 29.4 Å². The Morgan fingerprint density at radius 2 is 2.00 bits per heavy atom. The van der Waals surface area contributed by atoms with E-state index in [9.17, 15) is 22.8 Å². The van der Waals surface area contributed by atoms with Crippen molar-refractivity contribution in [1.29, 1.82) is 0 Å². The van der Waals surface area contributed by atoms with Crippen LogP contribution in [0.4, 0.5) is 18.9 Å². The van der Waals surface area contributed by atoms with Crippen LogP contribution in [0.5, 0.6) is 0 Å². The molecule has 1 aromatic carbocycles. The Bertz CT molecular complexity index is 471. The minimum atomic E-state index is -4.65. The van der Waals surface area contributed by atoms with E-state index in [1.807, 2.05) is 0 Å². The Morgan fingerprint density at radius 3 is 2.47 bits per heavy atom. The monoisotopic (exact) mass is 265 g/mol. The minimum Gasteiger partial charge on any atom is -0.398 e. The van der Waals surface area contributed by atoms with Crippen LogP contribution in [0.15, 0.2) is 12.1 Å². The van der Waals surface area contributed by atoms with Gasteiger partial charge in [0.25, 0.3) is 0 Å². The van der Waals surface area contributed by atoms with Crippen LogP contribution in [0, 0.1) is 0 Å². The number of alkyl halides is 3. The van der Waals surface area contributed by atoms with Gasteiger partial charge in [-0.15, -0.1) is 0 Å². The summed E-state index contributed by atoms with van der Waals surface area (Å²) >= 11 is 5.64. The van der Waals surface area contributed by atoms with Crippen LogP contribution in [-0.2, 0) is 0 Å². The van der Waals surface area contributed by atoms with Crippen LogP contribution < -0.4 is 5.73 Å². The van der Waals surface area contributed by atoms with Gasteiger partial charge in [-0.05, 0) is 12.1 Å². The molecule has 0 heterocycles. The van der Waals surface area contributed by atoms with Gasteiger partial charge in [-0.25, -0.2) is 0 Å². The van der Waals surface area contributed by atoms with Crippen LogP contribution in [0.3, 0.4) is 0 Å². The maximum Gasteiger partial charge on any atom is 0.396 e. The number of ketones is 1. The molecular formula is C10H7ClF3NO2. The summed E-state index contributed by atoms with van der Waals surface area (Å²) in [6.45, 7) is 0. The summed E-state index contributed by atoms with van der Waals surface area (Å²) in [5.41, 5.74) is 4.65. The number of carbonyl (C=O) groups is 2. The third-order valence-corrected chi connectivity index (χ3v) is 2.38. The van der Waals surface area contributed by atoms with Crippen molar-refractivity contribution in [3.8, 4) is 0 Å². The Labute approximate surface area is 99.4 Å². The zero-order chi connectivity index (χ0) is 13.2. The predicted molar refractivity (Wildman–Crippen MR) is 56.3 cm³/mol. The number of benzene rings is 1. The van der Waals surface area contributed by atoms with Crippen LogP contribution in [0.25, 0.3) is 0 Å². The molecule has 0 spiro atoms. The number of aldehydes is 1. The van der Waals surface area contributed by atoms with Gasteiger partial charge < -0.3 is 5.73 Å². The van der Waals surface area contributed by atoms with E-state index in [0.29, 0.717) is 6.29 Å². The molecule has 0 aliphatic heterocycles. The van der Waals surface area contributed by atoms with Gasteiger partial charge in [-0.1, -0.05) is 11.6 Å². The molecule has 7 heteroatoms. The summed E-state index contributed by atoms with van der Waals surface area (Å²) in [7, 11) is 0. The molecule has 0 radical (unpaired) electrons. The zero-order valence-electron chi connectivity index (χ0n) is 8.34. The van der Waals surface area contributed by atoms with E-state index in [0.717, 1.165) is 0 Å². The first-order valence-electron chi connectivity index (χ1n) is 4.39. The number of anilines is 1. The van der Waals surface area contributed by atoms with Crippen molar-refractivity contribution in [3.63, 3.8) is 0 Å². The van der Waals surface area contributed by atoms with Crippen molar-refractivity contribution < 1.29 is 22.8 Å². The minimum absolute atomic E-state index is 0.0774. The molecule has 1 aromatic rings. The molecule has 0 amide bonds. The molecule has 2 N–H and O–H groups in total. The summed E-state index contributed by atoms with van der Waals surface area (Å²) in [4.78, 5) is 21.9. The van der Waals surface area contributed by atoms with Crippen molar-refractivity contribution in [2.75, 3.05) is 5.73 Å². The molecule has 0 aliphatic carbocycles. The fraction of sp³-hybridized carbons (Fsp3) is 0.200. The van der Waals surface area contributed by atoms with Crippen LogP contribution in [0.2, 0.25) is 5.02 Å². The number of halogens is 4. The molecule has 17 heavy (non-hydrogen) atoms. The lowest BCUT2D eigenvalue weighted by molar-refractivity contribution is -0.125. The van der Waals surface area contributed by atoms with Gasteiger partial charge in [0.1, 0.15) is 6.42 Å². The number of nitrogens with two attached hydrogens (primary N) is 1. The topological polar surface area (TPSA) is 60.2 Å². The maximum absolute atomic E-state index is 12.1. The van der Waals surface area contributed by atoms with Gasteiger partial charge in [0.15, 0.2) is 12.1 Å². The van der Waals surface area contributed by atoms with Gasteiger partial charge in [0.05, 0.1) is 10.6 Å². The van der Waals surface area contributed by atoms with E-state index < -0.39 is 23.9 Å². The summed E-state index contributed by atoms with van der Waals surface area (Å²) in [6, 6.07) is 2.40. The summed E-state index contributed by atoms with van der Waals surface area (Å²) < 4.78 is 36.2. The Morgan fingerprint density at radius 1 is 1.41 bits per heavy atom. The number of carbonyl (C=O) groups excluding carboxylic acids is 2. The molecule has 0 fully saturated rings. The summed E-state index contributed by atoms with van der Waals surface area (Å²) in [5.74, 6) is -1.26. The summed E-state index contributed by atoms with van der Waals surface area (Å²) in [6.07, 6.45) is -5.98. The van der Waals surface area contributed by atoms with Crippen molar-refractivity contribution in [2.24, 2.45) is 0 Å². The van der Waals surface area contributed by atoms with Crippen molar-refractivity contribution in [3.05, 3.63) is 28.3 Å². The summed E-state index contributed by atoms with van der Waals surface area (Å²) in [5, 5.41) is -0.353. The number of Topliss-reactive ketones (excluding diaryl/α,β-unsaturated/α-hetero) is 1. The first-order valence-corrected chi connectivity index (χ1v) is 4.77. The SMILES string of the molecule is Nc1ccc(C=O)c(Cl)c1C(=O)CC(F)(F)F. The fourth-order valence-corrected chi connectivity index (χ4v) is 1.57. The number of rotatable bonds is 3. The molecular weight excluding hydrogens is 259 g/mol. The molecule has 0 saturated carbocycles. The highest BCUT2D eigenvalue weighted by Crippen LogP contribution is 2.30. The highest BCUT2D eigenvalue weighted by atomic mass is 35.5. The second kappa shape index (κ2) is 4.75. The molecule has 0 aliphatic rings. The molecule has 3 nitrogen and oxygen atoms in total. The third-order valence-electron chi connectivity index (χ3n) is 1.97. The Hall–Kier alpha value is -1.56. The van der Waals surface area contributed by atoms with Crippen LogP contribution in [0.1, 0.15) is 27.1 Å². The Kier molecular flexibility index (Phi) is 3.77. The Balaban J connectivity index is 3.21. The second-order valence-corrected chi connectivity index (χ2v) is 3.64. The molecule has 1 rings (SSSR count). The largest absolute Gasteiger partial charge is 0.398 e. The predicted octanol–water partition coefficient (Wildman–Crippen LogP) is 2.87. The molecule has 0 atom stereocenters. The quantitative estimate of drug-likeness (QED) is 0.519. The second-order valence-electron chi connectivity index (χ2n) is 3.27. The van der Waals surface area contributed by atoms with Gasteiger partial charge in [0, 0.05) is 11.3 Å². The van der Waals surface area contributed by atoms with E-state index in [4.69, 9.17) is 17.3 Å². The van der Waals surface area contributed by atoms with E-state index in [2.05, 4.69) is 0 Å². The maximum atomic E-state index is 12.1. The van der Waals surface area contributed by atoms with E-state index >= 15 is 0 Å². The highest BCUT2D eigenvalue weighted by molar-refractivity contribution is 6.37. The normalized spacial score (nSPS) is 11.3. The first-order chi connectivity index (χ1) is 7.76. The van der Waals surface area contributed by atoms with Gasteiger partial charge >= 0.3 is 6.18 Å². The van der Waals surface area contributed by atoms with E-state index in [1.54, 1.807) is 0 Å². The van der Waals surface area contributed by atoms with Gasteiger partial charge in [-0.3, -0.25) is 9.59 Å².